The summed E-state index contributed by atoms with van der Waals surface area (Å²) in [6.07, 6.45) is 19.5. The first-order valence-corrected chi connectivity index (χ1v) is 7.79. The zero-order valence-corrected chi connectivity index (χ0v) is 13.0. The van der Waals surface area contributed by atoms with Crippen molar-refractivity contribution in [2.45, 2.75) is 32.1 Å². The fourth-order valence-electron chi connectivity index (χ4n) is 2.07. The molecule has 0 unspecified atom stereocenters. The Labute approximate surface area is 121 Å². The van der Waals surface area contributed by atoms with Gasteiger partial charge in [0.25, 0.3) is 0 Å². The molecule has 0 amide bonds. The molecule has 0 N–H and O–H groups in total. The Morgan fingerprint density at radius 2 is 1.39 bits per heavy atom. The van der Waals surface area contributed by atoms with E-state index in [0.29, 0.717) is 0 Å². The Morgan fingerprint density at radius 3 is 2.00 bits per heavy atom. The van der Waals surface area contributed by atoms with Crippen LogP contribution in [0.25, 0.3) is 6.08 Å². The van der Waals surface area contributed by atoms with E-state index in [1.165, 1.54) is 40.9 Å². The van der Waals surface area contributed by atoms with E-state index >= 15 is 0 Å². The summed E-state index contributed by atoms with van der Waals surface area (Å²) < 4.78 is 1.35. The van der Waals surface area contributed by atoms with Gasteiger partial charge in [-0.15, -0.1) is 0 Å². The third-order valence-electron chi connectivity index (χ3n) is 3.06. The molecule has 0 bridgehead atoms. The van der Waals surface area contributed by atoms with E-state index in [4.69, 9.17) is 0 Å². The van der Waals surface area contributed by atoms with Crippen LogP contribution in [0, 0.1) is 0 Å². The van der Waals surface area contributed by atoms with Gasteiger partial charge in [0.1, 0.15) is 0 Å². The maximum atomic E-state index is 2.27. The Hall–Kier alpha value is -0.911. The summed E-state index contributed by atoms with van der Waals surface area (Å²) in [5, 5.41) is 0. The summed E-state index contributed by atoms with van der Waals surface area (Å²) in [4.78, 5) is 0. The molecule has 96 valence electrons. The molecule has 1 aromatic rings. The average molecular weight is 416 g/mol. The minimum absolute atomic E-state index is 1.12. The van der Waals surface area contributed by atoms with Crippen molar-refractivity contribution in [3.05, 3.63) is 59.7 Å². The molecule has 0 nitrogen and oxygen atoms in total. The molecule has 0 saturated heterocycles. The van der Waals surface area contributed by atoms with E-state index < -0.39 is 0 Å². The molecular weight excluding hydrogens is 396 g/mol. The van der Waals surface area contributed by atoms with Gasteiger partial charge in [-0.25, -0.2) is 0 Å². The van der Waals surface area contributed by atoms with Gasteiger partial charge < -0.3 is 0 Å². The van der Waals surface area contributed by atoms with Crippen LogP contribution in [0.1, 0.15) is 36.8 Å². The van der Waals surface area contributed by atoms with Gasteiger partial charge in [-0.3, -0.25) is 0 Å². The van der Waals surface area contributed by atoms with E-state index in [2.05, 4.69) is 73.6 Å². The standard InChI is InChI=1S/C9H7.C8H12.Ir/c1-2-5-9-7-3-6-8(9)4-1;1-2-4-6-8-7-5-3-1;/h1,3-5,7H,6H2;1-2,7-8H,3-6H2;/b;2-1-,8-7-;. The molecule has 0 atom stereocenters. The molecular formula is C17H19Ir. The number of hydrogen-bond donors (Lipinski definition) is 0. The monoisotopic (exact) mass is 416 g/mol. The number of rotatable bonds is 0. The third-order valence-corrected chi connectivity index (χ3v) is 3.81. The van der Waals surface area contributed by atoms with Crippen LogP contribution in [0.5, 0.6) is 0 Å². The van der Waals surface area contributed by atoms with Crippen LogP contribution in [0.15, 0.2) is 48.6 Å². The Bertz CT molecular complexity index is 440. The zero-order valence-electron chi connectivity index (χ0n) is 10.6. The summed E-state index contributed by atoms with van der Waals surface area (Å²) in [7, 11) is 0. The first-order valence-electron chi connectivity index (χ1n) is 6.59. The van der Waals surface area contributed by atoms with Crippen molar-refractivity contribution in [2.24, 2.45) is 0 Å². The second kappa shape index (κ2) is 7.51. The number of benzene rings is 1. The van der Waals surface area contributed by atoms with Gasteiger partial charge in [0, 0.05) is 0 Å². The van der Waals surface area contributed by atoms with Crippen LogP contribution in [-0.4, -0.2) is 0 Å². The first kappa shape index (κ1) is 13.5. The van der Waals surface area contributed by atoms with Crippen LogP contribution >= 0.6 is 0 Å². The SMILES string of the molecule is C1=C\CC/C=C\CC/1.[Ir][c]1ccc2c(c1)C=CC2. The molecule has 2 aliphatic rings. The van der Waals surface area contributed by atoms with Crippen molar-refractivity contribution in [1.82, 2.24) is 0 Å². The molecule has 0 aliphatic heterocycles. The first-order chi connectivity index (χ1) is 8.86. The second-order valence-corrected chi connectivity index (χ2v) is 5.90. The molecule has 0 fully saturated rings. The van der Waals surface area contributed by atoms with Crippen LogP contribution in [0.3, 0.4) is 0 Å². The molecule has 0 heterocycles. The summed E-state index contributed by atoms with van der Waals surface area (Å²) in [6, 6.07) is 6.62. The maximum absolute atomic E-state index is 2.27. The van der Waals surface area contributed by atoms with E-state index in [1.807, 2.05) is 0 Å². The number of hydrogen-bond acceptors (Lipinski definition) is 0. The second-order valence-electron chi connectivity index (χ2n) is 4.52. The van der Waals surface area contributed by atoms with E-state index in [9.17, 15) is 0 Å². The fraction of sp³-hybridized carbons (Fsp3) is 0.294. The fourth-order valence-corrected chi connectivity index (χ4v) is 2.64. The Morgan fingerprint density at radius 1 is 0.778 bits per heavy atom. The molecule has 0 spiro atoms. The average Bonchev–Trinajstić information content (AvgIpc) is 2.75. The van der Waals surface area contributed by atoms with Crippen molar-refractivity contribution in [2.75, 3.05) is 0 Å². The summed E-state index contributed by atoms with van der Waals surface area (Å²) in [6.45, 7) is 0. The summed E-state index contributed by atoms with van der Waals surface area (Å²) in [5.41, 5.74) is 2.87. The topological polar surface area (TPSA) is 0 Å². The van der Waals surface area contributed by atoms with Crippen molar-refractivity contribution < 1.29 is 18.9 Å². The van der Waals surface area contributed by atoms with Crippen molar-refractivity contribution >= 4 is 10.2 Å². The minimum atomic E-state index is 1.12. The van der Waals surface area contributed by atoms with Crippen molar-refractivity contribution in [1.29, 1.82) is 0 Å². The van der Waals surface area contributed by atoms with E-state index in [0.717, 1.165) is 6.42 Å². The van der Waals surface area contributed by atoms with Gasteiger partial charge in [-0.05, 0) is 25.7 Å². The quantitative estimate of drug-likeness (QED) is 0.560. The van der Waals surface area contributed by atoms with Gasteiger partial charge in [-0.2, -0.15) is 0 Å². The van der Waals surface area contributed by atoms with E-state index in [1.54, 1.807) is 0 Å². The van der Waals surface area contributed by atoms with Crippen LogP contribution in [0.2, 0.25) is 0 Å². The van der Waals surface area contributed by atoms with Crippen LogP contribution in [0.4, 0.5) is 0 Å². The molecule has 2 aliphatic carbocycles. The van der Waals surface area contributed by atoms with Gasteiger partial charge in [0.2, 0.25) is 0 Å². The van der Waals surface area contributed by atoms with Gasteiger partial charge >= 0.3 is 70.9 Å². The van der Waals surface area contributed by atoms with Gasteiger partial charge in [0.15, 0.2) is 0 Å². The summed E-state index contributed by atoms with van der Waals surface area (Å²) >= 11 is 2.13. The van der Waals surface area contributed by atoms with Gasteiger partial charge in [0.05, 0.1) is 0 Å². The molecule has 1 aromatic carbocycles. The molecule has 0 aromatic heterocycles. The Kier molecular flexibility index (Phi) is 5.64. The third kappa shape index (κ3) is 4.40. The predicted molar refractivity (Wildman–Crippen MR) is 75.6 cm³/mol. The van der Waals surface area contributed by atoms with Gasteiger partial charge in [-0.1, -0.05) is 24.3 Å². The zero-order chi connectivity index (χ0) is 12.6. The molecule has 0 saturated carbocycles. The predicted octanol–water partition coefficient (Wildman–Crippen LogP) is 4.10. The Balaban J connectivity index is 0.000000138. The summed E-state index contributed by atoms with van der Waals surface area (Å²) in [5.74, 6) is 0. The van der Waals surface area contributed by atoms with Crippen molar-refractivity contribution in [3.8, 4) is 0 Å². The van der Waals surface area contributed by atoms with Crippen LogP contribution in [-0.2, 0) is 25.3 Å². The van der Waals surface area contributed by atoms with Crippen molar-refractivity contribution in [3.63, 3.8) is 0 Å². The normalized spacial score (nSPS) is 20.1. The molecule has 0 radical (unpaired) electrons. The molecule has 1 heteroatoms. The van der Waals surface area contributed by atoms with E-state index in [-0.39, 0.29) is 0 Å². The number of fused-ring (bicyclic) bond motifs is 1. The molecule has 18 heavy (non-hydrogen) atoms. The van der Waals surface area contributed by atoms with Crippen LogP contribution < -0.4 is 4.08 Å². The number of allylic oxidation sites excluding steroid dienone is 5. The molecule has 3 rings (SSSR count).